The lowest BCUT2D eigenvalue weighted by Crippen LogP contribution is -2.21. The third-order valence-electron chi connectivity index (χ3n) is 2.90. The molecule has 1 aromatic carbocycles. The van der Waals surface area contributed by atoms with Crippen molar-refractivity contribution in [2.75, 3.05) is 7.11 Å². The van der Waals surface area contributed by atoms with Crippen LogP contribution in [-0.2, 0) is 16.0 Å². The molecule has 0 bridgehead atoms. The van der Waals surface area contributed by atoms with Crippen LogP contribution in [0, 0.1) is 13.8 Å². The van der Waals surface area contributed by atoms with Gasteiger partial charge in [0.25, 0.3) is 0 Å². The summed E-state index contributed by atoms with van der Waals surface area (Å²) >= 11 is 0. The number of benzene rings is 1. The van der Waals surface area contributed by atoms with E-state index < -0.39 is 12.1 Å². The Balaban J connectivity index is 2.43. The highest BCUT2D eigenvalue weighted by molar-refractivity contribution is 5.74. The maximum absolute atomic E-state index is 11.0. The van der Waals surface area contributed by atoms with Gasteiger partial charge in [0.1, 0.15) is 0 Å². The number of esters is 1. The number of hydrogen-bond acceptors (Lipinski definition) is 3. The van der Waals surface area contributed by atoms with Crippen LogP contribution in [0.4, 0.5) is 0 Å². The molecule has 94 valence electrons. The lowest BCUT2D eigenvalue weighted by Gasteiger charge is -2.09. The van der Waals surface area contributed by atoms with Crippen molar-refractivity contribution in [1.29, 1.82) is 0 Å². The van der Waals surface area contributed by atoms with Crippen LogP contribution < -0.4 is 0 Å². The van der Waals surface area contributed by atoms with Gasteiger partial charge >= 0.3 is 5.97 Å². The summed E-state index contributed by atoms with van der Waals surface area (Å²) in [6.45, 7) is 4.15. The molecule has 0 spiro atoms. The molecule has 1 aromatic rings. The Kier molecular flexibility index (Phi) is 5.16. The fourth-order valence-corrected chi connectivity index (χ4v) is 1.87. The van der Waals surface area contributed by atoms with Crippen molar-refractivity contribution in [1.82, 2.24) is 0 Å². The molecule has 0 heterocycles. The highest BCUT2D eigenvalue weighted by Gasteiger charge is 2.14. The Labute approximate surface area is 102 Å². The molecule has 3 heteroatoms. The molecule has 0 aromatic heterocycles. The summed E-state index contributed by atoms with van der Waals surface area (Å²) < 4.78 is 4.47. The van der Waals surface area contributed by atoms with Crippen molar-refractivity contribution in [3.63, 3.8) is 0 Å². The summed E-state index contributed by atoms with van der Waals surface area (Å²) in [6.07, 6.45) is 1.10. The Hall–Kier alpha value is -1.35. The summed E-state index contributed by atoms with van der Waals surface area (Å²) in [7, 11) is 1.29. The third kappa shape index (κ3) is 4.19. The predicted molar refractivity (Wildman–Crippen MR) is 66.9 cm³/mol. The van der Waals surface area contributed by atoms with Crippen LogP contribution in [0.5, 0.6) is 0 Å². The first kappa shape index (κ1) is 13.7. The average Bonchev–Trinajstić information content (AvgIpc) is 2.30. The number of methoxy groups -OCH3 is 1. The van der Waals surface area contributed by atoms with Crippen molar-refractivity contribution in [2.24, 2.45) is 0 Å². The zero-order valence-electron chi connectivity index (χ0n) is 10.7. The highest BCUT2D eigenvalue weighted by Crippen LogP contribution is 2.14. The lowest BCUT2D eigenvalue weighted by molar-refractivity contribution is -0.150. The largest absolute Gasteiger partial charge is 0.467 e. The molecule has 0 aliphatic heterocycles. The minimum absolute atomic E-state index is 0.444. The second-order valence-corrected chi connectivity index (χ2v) is 4.36. The van der Waals surface area contributed by atoms with Crippen LogP contribution in [-0.4, -0.2) is 24.3 Å². The zero-order chi connectivity index (χ0) is 12.8. The molecule has 0 amide bonds. The molecule has 3 nitrogen and oxygen atoms in total. The number of carbonyl (C=O) groups is 1. The van der Waals surface area contributed by atoms with E-state index in [0.717, 1.165) is 12.8 Å². The van der Waals surface area contributed by atoms with E-state index in [-0.39, 0.29) is 0 Å². The molecule has 0 saturated carbocycles. The molecule has 1 atom stereocenters. The summed E-state index contributed by atoms with van der Waals surface area (Å²) in [5, 5.41) is 9.43. The molecule has 0 radical (unpaired) electrons. The van der Waals surface area contributed by atoms with Crippen LogP contribution in [0.2, 0.25) is 0 Å². The first-order valence-electron chi connectivity index (χ1n) is 5.86. The van der Waals surface area contributed by atoms with Crippen molar-refractivity contribution < 1.29 is 14.6 Å². The van der Waals surface area contributed by atoms with Gasteiger partial charge in [-0.3, -0.25) is 0 Å². The Bertz CT molecular complexity index is 385. The molecule has 1 N–H and O–H groups in total. The molecule has 1 unspecified atom stereocenters. The maximum atomic E-state index is 11.0. The predicted octanol–water partition coefficient (Wildman–Crippen LogP) is 2.16. The monoisotopic (exact) mass is 236 g/mol. The average molecular weight is 236 g/mol. The lowest BCUT2D eigenvalue weighted by atomic mass is 10.00. The molecule has 0 aliphatic carbocycles. The van der Waals surface area contributed by atoms with Crippen LogP contribution in [0.25, 0.3) is 0 Å². The van der Waals surface area contributed by atoms with E-state index in [0.29, 0.717) is 6.42 Å². The Morgan fingerprint density at radius 1 is 1.41 bits per heavy atom. The van der Waals surface area contributed by atoms with Crippen LogP contribution >= 0.6 is 0 Å². The van der Waals surface area contributed by atoms with E-state index in [9.17, 15) is 9.90 Å². The third-order valence-corrected chi connectivity index (χ3v) is 2.90. The summed E-state index contributed by atoms with van der Waals surface area (Å²) in [5.74, 6) is -0.550. The van der Waals surface area contributed by atoms with Crippen molar-refractivity contribution >= 4 is 5.97 Å². The second kappa shape index (κ2) is 6.40. The molecule has 17 heavy (non-hydrogen) atoms. The topological polar surface area (TPSA) is 46.5 Å². The van der Waals surface area contributed by atoms with Gasteiger partial charge in [0, 0.05) is 0 Å². The number of rotatable bonds is 5. The number of hydrogen-bond donors (Lipinski definition) is 1. The van der Waals surface area contributed by atoms with Crippen molar-refractivity contribution in [3.8, 4) is 0 Å². The van der Waals surface area contributed by atoms with Gasteiger partial charge in [-0.05, 0) is 44.2 Å². The van der Waals surface area contributed by atoms with E-state index in [1.807, 2.05) is 0 Å². The number of aryl methyl sites for hydroxylation is 3. The van der Waals surface area contributed by atoms with Crippen LogP contribution in [0.3, 0.4) is 0 Å². The summed E-state index contributed by atoms with van der Waals surface area (Å²) in [5.41, 5.74) is 3.78. The minimum atomic E-state index is -0.995. The molecular weight excluding hydrogens is 216 g/mol. The number of carbonyl (C=O) groups excluding carboxylic acids is 1. The van der Waals surface area contributed by atoms with Gasteiger partial charge in [0.2, 0.25) is 0 Å². The van der Waals surface area contributed by atoms with E-state index >= 15 is 0 Å². The summed E-state index contributed by atoms with van der Waals surface area (Å²) in [4.78, 5) is 11.0. The van der Waals surface area contributed by atoms with E-state index in [1.165, 1.54) is 23.8 Å². The van der Waals surface area contributed by atoms with Gasteiger partial charge in [-0.15, -0.1) is 0 Å². The van der Waals surface area contributed by atoms with E-state index in [4.69, 9.17) is 0 Å². The van der Waals surface area contributed by atoms with Crippen molar-refractivity contribution in [2.45, 2.75) is 39.2 Å². The van der Waals surface area contributed by atoms with Gasteiger partial charge in [-0.1, -0.05) is 23.8 Å². The van der Waals surface area contributed by atoms with E-state index in [2.05, 4.69) is 36.8 Å². The standard InChI is InChI=1S/C14H20O3/c1-10-7-8-12(11(2)9-10)5-4-6-13(15)14(16)17-3/h7-9,13,15H,4-6H2,1-3H3. The molecule has 0 fully saturated rings. The zero-order valence-corrected chi connectivity index (χ0v) is 10.7. The fourth-order valence-electron chi connectivity index (χ4n) is 1.87. The highest BCUT2D eigenvalue weighted by atomic mass is 16.5. The molecule has 0 saturated heterocycles. The number of ether oxygens (including phenoxy) is 1. The van der Waals surface area contributed by atoms with E-state index in [1.54, 1.807) is 0 Å². The van der Waals surface area contributed by atoms with Gasteiger partial charge in [-0.2, -0.15) is 0 Å². The van der Waals surface area contributed by atoms with Gasteiger partial charge in [0.05, 0.1) is 7.11 Å². The molecule has 0 aliphatic rings. The smallest absolute Gasteiger partial charge is 0.334 e. The Morgan fingerprint density at radius 3 is 2.71 bits per heavy atom. The summed E-state index contributed by atoms with van der Waals surface area (Å²) in [6, 6.07) is 6.33. The normalized spacial score (nSPS) is 12.2. The van der Waals surface area contributed by atoms with Gasteiger partial charge in [0.15, 0.2) is 6.10 Å². The Morgan fingerprint density at radius 2 is 2.12 bits per heavy atom. The maximum Gasteiger partial charge on any atom is 0.334 e. The SMILES string of the molecule is COC(=O)C(O)CCCc1ccc(C)cc1C. The quantitative estimate of drug-likeness (QED) is 0.797. The van der Waals surface area contributed by atoms with Gasteiger partial charge < -0.3 is 9.84 Å². The fraction of sp³-hybridized carbons (Fsp3) is 0.500. The van der Waals surface area contributed by atoms with Crippen molar-refractivity contribution in [3.05, 3.63) is 34.9 Å². The van der Waals surface area contributed by atoms with Gasteiger partial charge in [-0.25, -0.2) is 4.79 Å². The number of aliphatic hydroxyl groups is 1. The first-order valence-corrected chi connectivity index (χ1v) is 5.86. The number of aliphatic hydroxyl groups excluding tert-OH is 1. The minimum Gasteiger partial charge on any atom is -0.467 e. The molecular formula is C14H20O3. The first-order chi connectivity index (χ1) is 8.04. The molecule has 1 rings (SSSR count). The van der Waals surface area contributed by atoms with Crippen LogP contribution in [0.15, 0.2) is 18.2 Å². The second-order valence-electron chi connectivity index (χ2n) is 4.36. The van der Waals surface area contributed by atoms with Crippen LogP contribution in [0.1, 0.15) is 29.5 Å².